The van der Waals surface area contributed by atoms with E-state index in [-0.39, 0.29) is 5.82 Å². The molecule has 0 saturated carbocycles. The van der Waals surface area contributed by atoms with Gasteiger partial charge in [0, 0.05) is 36.8 Å². The zero-order valence-electron chi connectivity index (χ0n) is 18.5. The summed E-state index contributed by atoms with van der Waals surface area (Å²) in [5.41, 5.74) is 2.36. The number of imidazole rings is 1. The van der Waals surface area contributed by atoms with E-state index in [1.165, 1.54) is 23.5 Å². The average molecular weight is 481 g/mol. The molecular weight excluding hydrogens is 459 g/mol. The van der Waals surface area contributed by atoms with E-state index in [4.69, 9.17) is 18.6 Å². The highest BCUT2D eigenvalue weighted by Crippen LogP contribution is 2.38. The lowest BCUT2D eigenvalue weighted by Crippen LogP contribution is -2.49. The van der Waals surface area contributed by atoms with Gasteiger partial charge in [0.2, 0.25) is 4.96 Å². The predicted molar refractivity (Wildman–Crippen MR) is 127 cm³/mol. The molecule has 0 bridgehead atoms. The van der Waals surface area contributed by atoms with E-state index in [1.807, 2.05) is 24.4 Å². The van der Waals surface area contributed by atoms with Crippen LogP contribution >= 0.6 is 11.3 Å². The molecule has 1 fully saturated rings. The summed E-state index contributed by atoms with van der Waals surface area (Å²) in [5.74, 6) is 2.12. The molecule has 174 valence electrons. The van der Waals surface area contributed by atoms with E-state index in [0.717, 1.165) is 29.1 Å². The number of aromatic nitrogens is 3. The third-order valence-corrected chi connectivity index (χ3v) is 6.77. The van der Waals surface area contributed by atoms with Gasteiger partial charge in [-0.2, -0.15) is 0 Å². The summed E-state index contributed by atoms with van der Waals surface area (Å²) in [7, 11) is 3.20. The van der Waals surface area contributed by atoms with Gasteiger partial charge in [-0.05, 0) is 41.7 Å². The zero-order valence-corrected chi connectivity index (χ0v) is 19.3. The maximum atomic E-state index is 13.2. The Balaban J connectivity index is 1.21. The summed E-state index contributed by atoms with van der Waals surface area (Å²) in [6.07, 6.45) is 1.81. The Bertz CT molecular complexity index is 1440. The third kappa shape index (κ3) is 3.69. The summed E-state index contributed by atoms with van der Waals surface area (Å²) in [6.45, 7) is 2.28. The van der Waals surface area contributed by atoms with Gasteiger partial charge < -0.3 is 23.5 Å². The van der Waals surface area contributed by atoms with Gasteiger partial charge in [0.25, 0.3) is 5.19 Å². The molecular formula is C24H21FN4O4S. The Morgan fingerprint density at radius 2 is 1.94 bits per heavy atom. The molecule has 1 aliphatic rings. The van der Waals surface area contributed by atoms with E-state index in [9.17, 15) is 4.39 Å². The molecule has 5 aromatic rings. The van der Waals surface area contributed by atoms with Crippen molar-refractivity contribution in [1.82, 2.24) is 14.6 Å². The molecule has 1 saturated heterocycles. The first-order valence-corrected chi connectivity index (χ1v) is 11.6. The topological polar surface area (TPSA) is 74.3 Å². The van der Waals surface area contributed by atoms with Crippen molar-refractivity contribution in [3.05, 3.63) is 54.5 Å². The van der Waals surface area contributed by atoms with Gasteiger partial charge in [0.1, 0.15) is 28.6 Å². The van der Waals surface area contributed by atoms with Crippen LogP contribution in [-0.2, 0) is 0 Å². The van der Waals surface area contributed by atoms with Crippen molar-refractivity contribution in [1.29, 1.82) is 0 Å². The molecule has 0 N–H and O–H groups in total. The number of rotatable bonds is 7. The minimum absolute atomic E-state index is 0.225. The smallest absolute Gasteiger partial charge is 0.294 e. The first kappa shape index (κ1) is 20.8. The van der Waals surface area contributed by atoms with Crippen LogP contribution in [0.15, 0.2) is 53.1 Å². The van der Waals surface area contributed by atoms with Gasteiger partial charge in [-0.3, -0.25) is 0 Å². The van der Waals surface area contributed by atoms with Gasteiger partial charge in [-0.15, -0.1) is 5.10 Å². The minimum atomic E-state index is -0.225. The number of fused-ring (bicyclic) bond motifs is 2. The number of furan rings is 1. The first-order chi connectivity index (χ1) is 16.6. The number of hydrogen-bond acceptors (Lipinski definition) is 8. The molecule has 8 nitrogen and oxygen atoms in total. The summed E-state index contributed by atoms with van der Waals surface area (Å²) in [5, 5.41) is 5.72. The van der Waals surface area contributed by atoms with E-state index in [1.54, 1.807) is 30.9 Å². The van der Waals surface area contributed by atoms with Crippen LogP contribution in [0, 0.1) is 11.7 Å². The van der Waals surface area contributed by atoms with Crippen LogP contribution in [0.25, 0.3) is 27.4 Å². The second kappa shape index (κ2) is 8.21. The van der Waals surface area contributed by atoms with Crippen molar-refractivity contribution in [3.63, 3.8) is 0 Å². The van der Waals surface area contributed by atoms with E-state index >= 15 is 0 Å². The number of hydrogen-bond donors (Lipinski definition) is 0. The second-order valence-corrected chi connectivity index (χ2v) is 9.05. The minimum Gasteiger partial charge on any atom is -0.496 e. The Morgan fingerprint density at radius 1 is 1.12 bits per heavy atom. The molecule has 0 atom stereocenters. The van der Waals surface area contributed by atoms with Gasteiger partial charge in [0.15, 0.2) is 5.76 Å². The lowest BCUT2D eigenvalue weighted by Gasteiger charge is -2.40. The van der Waals surface area contributed by atoms with Crippen LogP contribution in [0.5, 0.6) is 16.7 Å². The normalized spacial score (nSPS) is 14.0. The highest BCUT2D eigenvalue weighted by molar-refractivity contribution is 7.18. The molecule has 0 spiro atoms. The molecule has 0 unspecified atom stereocenters. The molecule has 1 aliphatic heterocycles. The quantitative estimate of drug-likeness (QED) is 0.329. The van der Waals surface area contributed by atoms with Gasteiger partial charge >= 0.3 is 0 Å². The van der Waals surface area contributed by atoms with Crippen LogP contribution in [0.2, 0.25) is 0 Å². The van der Waals surface area contributed by atoms with Crippen molar-refractivity contribution < 1.29 is 23.0 Å². The molecule has 0 amide bonds. The fourth-order valence-electron chi connectivity index (χ4n) is 4.07. The van der Waals surface area contributed by atoms with Crippen molar-refractivity contribution in [2.75, 3.05) is 38.8 Å². The van der Waals surface area contributed by atoms with Crippen molar-refractivity contribution in [3.8, 4) is 28.1 Å². The first-order valence-electron chi connectivity index (χ1n) is 10.7. The van der Waals surface area contributed by atoms with Crippen LogP contribution in [0.3, 0.4) is 0 Å². The fraction of sp³-hybridized carbons (Fsp3) is 0.250. The van der Waals surface area contributed by atoms with E-state index < -0.39 is 0 Å². The number of benzene rings is 2. The van der Waals surface area contributed by atoms with Gasteiger partial charge in [-0.25, -0.2) is 13.9 Å². The zero-order chi connectivity index (χ0) is 23.2. The average Bonchev–Trinajstić information content (AvgIpc) is 3.51. The van der Waals surface area contributed by atoms with E-state index in [0.29, 0.717) is 46.3 Å². The molecule has 3 aromatic heterocycles. The molecule has 0 aliphatic carbocycles. The van der Waals surface area contributed by atoms with Crippen molar-refractivity contribution in [2.45, 2.75) is 0 Å². The monoisotopic (exact) mass is 480 g/mol. The van der Waals surface area contributed by atoms with E-state index in [2.05, 4.69) is 15.0 Å². The molecule has 0 radical (unpaired) electrons. The maximum absolute atomic E-state index is 13.2. The Kier molecular flexibility index (Phi) is 5.02. The molecule has 10 heteroatoms. The molecule has 4 heterocycles. The number of nitrogens with zero attached hydrogens (tertiary/aromatic N) is 4. The number of methoxy groups -OCH3 is 2. The maximum Gasteiger partial charge on any atom is 0.294 e. The molecule has 34 heavy (non-hydrogen) atoms. The van der Waals surface area contributed by atoms with Gasteiger partial charge in [-0.1, -0.05) is 0 Å². The third-order valence-electron chi connectivity index (χ3n) is 5.88. The van der Waals surface area contributed by atoms with Crippen LogP contribution in [0.1, 0.15) is 0 Å². The lowest BCUT2D eigenvalue weighted by molar-refractivity contribution is 0.222. The Labute approximate surface area is 198 Å². The summed E-state index contributed by atoms with van der Waals surface area (Å²) in [4.78, 5) is 7.53. The molecule has 2 aromatic carbocycles. The fourth-order valence-corrected chi connectivity index (χ4v) is 4.77. The van der Waals surface area contributed by atoms with Crippen LogP contribution in [-0.4, -0.2) is 48.5 Å². The van der Waals surface area contributed by atoms with Crippen molar-refractivity contribution in [2.24, 2.45) is 5.92 Å². The standard InChI is InChI=1S/C24H21FN4O4S/c1-30-17-7-20(32-13-14-10-28(11-14)16-5-3-15(25)4-6-16)18-9-22(33-21(18)8-17)19-12-29-23(26-19)34-24(27-29)31-2/h3-9,12,14H,10-11,13H2,1-2H3. The summed E-state index contributed by atoms with van der Waals surface area (Å²) < 4.78 is 37.8. The highest BCUT2D eigenvalue weighted by Gasteiger charge is 2.28. The summed E-state index contributed by atoms with van der Waals surface area (Å²) in [6, 6.07) is 12.2. The van der Waals surface area contributed by atoms with Crippen LogP contribution < -0.4 is 19.1 Å². The SMILES string of the molecule is COc1cc(OCC2CN(c3ccc(F)cc3)C2)c2cc(-c3cn4nc(OC)sc4n3)oc2c1. The summed E-state index contributed by atoms with van der Waals surface area (Å²) >= 11 is 1.36. The number of anilines is 1. The Morgan fingerprint density at radius 3 is 2.68 bits per heavy atom. The predicted octanol–water partition coefficient (Wildman–Crippen LogP) is 4.88. The largest absolute Gasteiger partial charge is 0.496 e. The number of ether oxygens (including phenoxy) is 3. The Hall–Kier alpha value is -3.79. The second-order valence-electron chi connectivity index (χ2n) is 8.13. The van der Waals surface area contributed by atoms with Crippen LogP contribution in [0.4, 0.5) is 10.1 Å². The molecule has 6 rings (SSSR count). The van der Waals surface area contributed by atoms with Crippen molar-refractivity contribution >= 4 is 33.0 Å². The van der Waals surface area contributed by atoms with Gasteiger partial charge in [0.05, 0.1) is 32.4 Å². The number of halogens is 1. The lowest BCUT2D eigenvalue weighted by atomic mass is 10.0. The highest BCUT2D eigenvalue weighted by atomic mass is 32.1.